The van der Waals surface area contributed by atoms with Crippen molar-refractivity contribution < 1.29 is 14.0 Å². The van der Waals surface area contributed by atoms with E-state index in [1.165, 1.54) is 4.90 Å². The van der Waals surface area contributed by atoms with Crippen molar-refractivity contribution in [1.29, 1.82) is 0 Å². The second-order valence-corrected chi connectivity index (χ2v) is 7.26. The maximum atomic E-state index is 12.7. The molecule has 0 fully saturated rings. The van der Waals surface area contributed by atoms with E-state index in [1.54, 1.807) is 13.3 Å². The summed E-state index contributed by atoms with van der Waals surface area (Å²) in [6.45, 7) is 1.98. The van der Waals surface area contributed by atoms with E-state index in [2.05, 4.69) is 5.32 Å². The molecule has 0 radical (unpaired) electrons. The fourth-order valence-corrected chi connectivity index (χ4v) is 3.44. The third-order valence-corrected chi connectivity index (χ3v) is 5.02. The molecule has 29 heavy (non-hydrogen) atoms. The second kappa shape index (κ2) is 7.80. The monoisotopic (exact) mass is 386 g/mol. The fraction of sp³-hybridized carbons (Fsp3) is 0.167. The molecule has 0 spiro atoms. The largest absolute Gasteiger partial charge is 0.464 e. The maximum Gasteiger partial charge on any atom is 0.243 e. The van der Waals surface area contributed by atoms with E-state index in [9.17, 15) is 9.59 Å². The Morgan fingerprint density at radius 3 is 2.55 bits per heavy atom. The third kappa shape index (κ3) is 3.99. The summed E-state index contributed by atoms with van der Waals surface area (Å²) in [5.74, 6) is -0.369. The molecule has 3 aromatic carbocycles. The maximum absolute atomic E-state index is 12.7. The van der Waals surface area contributed by atoms with E-state index in [1.807, 2.05) is 67.6 Å². The first-order valence-corrected chi connectivity index (χ1v) is 9.49. The van der Waals surface area contributed by atoms with Crippen LogP contribution in [0.15, 0.2) is 71.3 Å². The number of aryl methyl sites for hydroxylation is 1. The van der Waals surface area contributed by atoms with E-state index in [0.29, 0.717) is 5.69 Å². The molecule has 1 N–H and O–H groups in total. The van der Waals surface area contributed by atoms with Crippen LogP contribution in [0.1, 0.15) is 11.1 Å². The van der Waals surface area contributed by atoms with E-state index in [4.69, 9.17) is 4.42 Å². The Balaban J connectivity index is 1.47. The molecule has 146 valence electrons. The topological polar surface area (TPSA) is 62.6 Å². The Labute approximate surface area is 168 Å². The molecule has 0 aliphatic heterocycles. The Bertz CT molecular complexity index is 1190. The van der Waals surface area contributed by atoms with Gasteiger partial charge < -0.3 is 14.6 Å². The SMILES string of the molecule is Cc1ccc(NC(=O)CN(C)C(=O)Cc2coc3ccc4ccccc4c23)cc1. The quantitative estimate of drug-likeness (QED) is 0.548. The molecule has 5 heteroatoms. The van der Waals surface area contributed by atoms with Crippen LogP contribution in [-0.4, -0.2) is 30.3 Å². The molecule has 1 heterocycles. The Hall–Kier alpha value is -3.60. The third-order valence-electron chi connectivity index (χ3n) is 5.02. The molecule has 1 aromatic heterocycles. The van der Waals surface area contributed by atoms with Crippen molar-refractivity contribution >= 4 is 39.2 Å². The first-order valence-electron chi connectivity index (χ1n) is 9.49. The van der Waals surface area contributed by atoms with Gasteiger partial charge in [-0.2, -0.15) is 0 Å². The van der Waals surface area contributed by atoms with Crippen LogP contribution >= 0.6 is 0 Å². The Morgan fingerprint density at radius 1 is 1.00 bits per heavy atom. The molecule has 0 bridgehead atoms. The Morgan fingerprint density at radius 2 is 1.76 bits per heavy atom. The number of hydrogen-bond acceptors (Lipinski definition) is 3. The van der Waals surface area contributed by atoms with E-state index < -0.39 is 0 Å². The molecule has 2 amide bonds. The van der Waals surface area contributed by atoms with Gasteiger partial charge in [-0.05, 0) is 35.9 Å². The molecule has 0 aliphatic carbocycles. The second-order valence-electron chi connectivity index (χ2n) is 7.26. The number of furan rings is 1. The van der Waals surface area contributed by atoms with Gasteiger partial charge in [0.15, 0.2) is 0 Å². The number of carbonyl (C=O) groups is 2. The number of anilines is 1. The van der Waals surface area contributed by atoms with Gasteiger partial charge in [-0.3, -0.25) is 9.59 Å². The molecular formula is C24H22N2O3. The van der Waals surface area contributed by atoms with Crippen LogP contribution in [0.4, 0.5) is 5.69 Å². The smallest absolute Gasteiger partial charge is 0.243 e. The van der Waals surface area contributed by atoms with Gasteiger partial charge in [-0.15, -0.1) is 0 Å². The molecule has 0 unspecified atom stereocenters. The number of likely N-dealkylation sites (N-methyl/N-ethyl adjacent to an activating group) is 1. The summed E-state index contributed by atoms with van der Waals surface area (Å²) in [5.41, 5.74) is 3.42. The predicted octanol–water partition coefficient (Wildman–Crippen LogP) is 4.53. The standard InChI is InChI=1S/C24H22N2O3/c1-16-7-10-19(11-8-16)25-22(27)14-26(2)23(28)13-18-15-29-21-12-9-17-5-3-4-6-20(17)24(18)21/h3-12,15H,13-14H2,1-2H3,(H,25,27). The highest BCUT2D eigenvalue weighted by atomic mass is 16.3. The van der Waals surface area contributed by atoms with Crippen LogP contribution in [0.25, 0.3) is 21.7 Å². The first-order chi connectivity index (χ1) is 14.0. The van der Waals surface area contributed by atoms with Crippen LogP contribution in [0.2, 0.25) is 0 Å². The lowest BCUT2D eigenvalue weighted by atomic mass is 10.0. The van der Waals surface area contributed by atoms with Crippen molar-refractivity contribution in [2.24, 2.45) is 0 Å². The molecule has 0 aliphatic rings. The minimum Gasteiger partial charge on any atom is -0.464 e. The number of hydrogen-bond donors (Lipinski definition) is 1. The average Bonchev–Trinajstić information content (AvgIpc) is 3.13. The number of benzene rings is 3. The number of nitrogens with zero attached hydrogens (tertiary/aromatic N) is 1. The molecule has 0 saturated heterocycles. The van der Waals surface area contributed by atoms with Gasteiger partial charge in [0.05, 0.1) is 19.2 Å². The van der Waals surface area contributed by atoms with Crippen molar-refractivity contribution in [3.05, 3.63) is 78.1 Å². The summed E-state index contributed by atoms with van der Waals surface area (Å²) >= 11 is 0. The number of rotatable bonds is 5. The van der Waals surface area contributed by atoms with Gasteiger partial charge in [0.2, 0.25) is 11.8 Å². The normalized spacial score (nSPS) is 11.0. The highest BCUT2D eigenvalue weighted by Crippen LogP contribution is 2.30. The lowest BCUT2D eigenvalue weighted by molar-refractivity contribution is -0.132. The summed E-state index contributed by atoms with van der Waals surface area (Å²) in [6, 6.07) is 19.5. The van der Waals surface area contributed by atoms with Crippen molar-refractivity contribution in [2.45, 2.75) is 13.3 Å². The summed E-state index contributed by atoms with van der Waals surface area (Å²) < 4.78 is 5.66. The van der Waals surface area contributed by atoms with Gasteiger partial charge in [0, 0.05) is 23.7 Å². The lowest BCUT2D eigenvalue weighted by Gasteiger charge is -2.16. The van der Waals surface area contributed by atoms with Crippen molar-refractivity contribution in [1.82, 2.24) is 4.90 Å². The van der Waals surface area contributed by atoms with Crippen molar-refractivity contribution in [3.63, 3.8) is 0 Å². The van der Waals surface area contributed by atoms with E-state index >= 15 is 0 Å². The highest BCUT2D eigenvalue weighted by molar-refractivity contribution is 6.08. The minimum absolute atomic E-state index is 0.0107. The van der Waals surface area contributed by atoms with Gasteiger partial charge >= 0.3 is 0 Å². The van der Waals surface area contributed by atoms with Crippen molar-refractivity contribution in [3.8, 4) is 0 Å². The van der Waals surface area contributed by atoms with Crippen LogP contribution in [0.3, 0.4) is 0 Å². The predicted molar refractivity (Wildman–Crippen MR) is 115 cm³/mol. The zero-order valence-corrected chi connectivity index (χ0v) is 16.4. The number of nitrogens with one attached hydrogen (secondary N) is 1. The zero-order chi connectivity index (χ0) is 20.4. The van der Waals surface area contributed by atoms with Crippen LogP contribution < -0.4 is 5.32 Å². The minimum atomic E-state index is -0.229. The molecule has 5 nitrogen and oxygen atoms in total. The summed E-state index contributed by atoms with van der Waals surface area (Å²) in [7, 11) is 1.64. The van der Waals surface area contributed by atoms with Gasteiger partial charge in [-0.1, -0.05) is 48.0 Å². The number of amides is 2. The number of fused-ring (bicyclic) bond motifs is 3. The lowest BCUT2D eigenvalue weighted by Crippen LogP contribution is -2.35. The zero-order valence-electron chi connectivity index (χ0n) is 16.4. The van der Waals surface area contributed by atoms with Gasteiger partial charge in [-0.25, -0.2) is 0 Å². The molecule has 4 rings (SSSR count). The van der Waals surface area contributed by atoms with Crippen LogP contribution in [0.5, 0.6) is 0 Å². The van der Waals surface area contributed by atoms with Gasteiger partial charge in [0.1, 0.15) is 5.58 Å². The molecule has 0 atom stereocenters. The molecule has 0 saturated carbocycles. The van der Waals surface area contributed by atoms with Crippen LogP contribution in [0, 0.1) is 6.92 Å². The van der Waals surface area contributed by atoms with E-state index in [-0.39, 0.29) is 24.8 Å². The van der Waals surface area contributed by atoms with E-state index in [0.717, 1.165) is 32.9 Å². The molecular weight excluding hydrogens is 364 g/mol. The molecule has 4 aromatic rings. The first kappa shape index (κ1) is 18.7. The summed E-state index contributed by atoms with van der Waals surface area (Å²) in [5, 5.41) is 5.92. The van der Waals surface area contributed by atoms with Gasteiger partial charge in [0.25, 0.3) is 0 Å². The summed E-state index contributed by atoms with van der Waals surface area (Å²) in [6.07, 6.45) is 1.81. The average molecular weight is 386 g/mol. The van der Waals surface area contributed by atoms with Crippen LogP contribution in [-0.2, 0) is 16.0 Å². The number of carbonyl (C=O) groups excluding carboxylic acids is 2. The Kier molecular flexibility index (Phi) is 5.04. The van der Waals surface area contributed by atoms with Crippen molar-refractivity contribution in [2.75, 3.05) is 18.9 Å². The fourth-order valence-electron chi connectivity index (χ4n) is 3.44. The summed E-state index contributed by atoms with van der Waals surface area (Å²) in [4.78, 5) is 26.4. The highest BCUT2D eigenvalue weighted by Gasteiger charge is 2.17.